The fourth-order valence-corrected chi connectivity index (χ4v) is 11.6. The summed E-state index contributed by atoms with van der Waals surface area (Å²) < 4.78 is 11.3. The lowest BCUT2D eigenvalue weighted by molar-refractivity contribution is -0.302. The van der Waals surface area contributed by atoms with Gasteiger partial charge in [-0.1, -0.05) is 353 Å². The lowest BCUT2D eigenvalue weighted by atomic mass is 9.99. The molecule has 0 spiro atoms. The highest BCUT2D eigenvalue weighted by molar-refractivity contribution is 5.76. The van der Waals surface area contributed by atoms with Crippen LogP contribution >= 0.6 is 0 Å². The number of allylic oxidation sites excluding steroid dienone is 1. The Morgan fingerprint density at radius 3 is 1.00 bits per heavy atom. The van der Waals surface area contributed by atoms with E-state index in [0.717, 1.165) is 38.5 Å². The summed E-state index contributed by atoms with van der Waals surface area (Å²) in [7, 11) is 0. The van der Waals surface area contributed by atoms with E-state index in [1.807, 2.05) is 6.08 Å². The molecule has 0 radical (unpaired) electrons. The van der Waals surface area contributed by atoms with Crippen molar-refractivity contribution < 1.29 is 39.8 Å². The number of unbranched alkanes of at least 4 members (excludes halogenated alkanes) is 52. The molecule has 7 unspecified atom stereocenters. The van der Waals surface area contributed by atoms with Crippen LogP contribution in [0.25, 0.3) is 0 Å². The zero-order valence-electron chi connectivity index (χ0n) is 52.0. The molecule has 6 N–H and O–H groups in total. The Morgan fingerprint density at radius 1 is 0.423 bits per heavy atom. The highest BCUT2D eigenvalue weighted by Gasteiger charge is 2.44. The molecule has 1 fully saturated rings. The first-order valence-electron chi connectivity index (χ1n) is 34.9. The second-order valence-electron chi connectivity index (χ2n) is 24.7. The molecule has 0 aromatic rings. The maximum absolute atomic E-state index is 13.1. The van der Waals surface area contributed by atoms with E-state index in [-0.39, 0.29) is 12.5 Å². The first kappa shape index (κ1) is 74.9. The minimum atomic E-state index is -1.56. The van der Waals surface area contributed by atoms with Crippen molar-refractivity contribution in [2.45, 2.75) is 410 Å². The second kappa shape index (κ2) is 59.1. The second-order valence-corrected chi connectivity index (χ2v) is 24.7. The SMILES string of the molecule is CCCCCCCCCCCCCCCCCCCCCCCCCC/C=C/C(O)C(COC1OC(CO)C(O)C(O)C1O)NC(=O)CCCCCCCCCCCCCCCCCCCCCCCCCCCCCCC. The number of amides is 1. The van der Waals surface area contributed by atoms with Crippen molar-refractivity contribution in [2.24, 2.45) is 0 Å². The molecule has 9 nitrogen and oxygen atoms in total. The smallest absolute Gasteiger partial charge is 0.220 e. The highest BCUT2D eigenvalue weighted by Crippen LogP contribution is 2.24. The molecule has 1 aliphatic heterocycles. The molecular weight excluding hydrogens is 971 g/mol. The van der Waals surface area contributed by atoms with E-state index in [4.69, 9.17) is 9.47 Å². The maximum atomic E-state index is 13.1. The zero-order chi connectivity index (χ0) is 56.5. The molecule has 1 aliphatic rings. The number of hydrogen-bond donors (Lipinski definition) is 6. The maximum Gasteiger partial charge on any atom is 0.220 e. The van der Waals surface area contributed by atoms with Crippen LogP contribution in [0.15, 0.2) is 12.2 Å². The molecule has 78 heavy (non-hydrogen) atoms. The highest BCUT2D eigenvalue weighted by atomic mass is 16.7. The van der Waals surface area contributed by atoms with Gasteiger partial charge in [0.25, 0.3) is 0 Å². The predicted molar refractivity (Wildman–Crippen MR) is 332 cm³/mol. The Bertz CT molecular complexity index is 1240. The number of aliphatic hydroxyl groups is 5. The lowest BCUT2D eigenvalue weighted by Crippen LogP contribution is -2.60. The third kappa shape index (κ3) is 47.4. The van der Waals surface area contributed by atoms with Gasteiger partial charge in [-0.2, -0.15) is 0 Å². The first-order valence-corrected chi connectivity index (χ1v) is 34.9. The molecule has 464 valence electrons. The van der Waals surface area contributed by atoms with Crippen molar-refractivity contribution in [2.75, 3.05) is 13.2 Å². The number of aliphatic hydroxyl groups excluding tert-OH is 5. The summed E-state index contributed by atoms with van der Waals surface area (Å²) in [6, 6.07) is -0.802. The van der Waals surface area contributed by atoms with Crippen LogP contribution in [-0.4, -0.2) is 87.5 Å². The Labute approximate surface area is 484 Å². The van der Waals surface area contributed by atoms with E-state index >= 15 is 0 Å². The number of ether oxygens (including phenoxy) is 2. The summed E-state index contributed by atoms with van der Waals surface area (Å²) >= 11 is 0. The summed E-state index contributed by atoms with van der Waals surface area (Å²) in [5.41, 5.74) is 0. The number of carbonyl (C=O) groups is 1. The van der Waals surface area contributed by atoms with Crippen LogP contribution in [0.4, 0.5) is 0 Å². The molecule has 0 aromatic heterocycles. The molecule has 1 heterocycles. The van der Waals surface area contributed by atoms with Crippen molar-refractivity contribution in [3.8, 4) is 0 Å². The summed E-state index contributed by atoms with van der Waals surface area (Å²) in [6.45, 7) is 3.85. The Balaban J connectivity index is 2.12. The standard InChI is InChI=1S/C69H135NO8/c1-3-5-7-9-11-13-15-17-19-21-23-25-27-29-31-32-33-35-37-39-41-43-45-47-49-51-53-55-57-59-65(73)70-62(61-77-69-68(76)67(75)66(74)64(60-71)78-69)63(72)58-56-54-52-50-48-46-44-42-40-38-36-34-30-28-26-24-22-20-18-16-14-12-10-8-6-4-2/h56,58,62-64,66-69,71-72,74-76H,3-55,57,59-61H2,1-2H3,(H,70,73)/b58-56+. The van der Waals surface area contributed by atoms with Crippen LogP contribution in [0.2, 0.25) is 0 Å². The largest absolute Gasteiger partial charge is 0.394 e. The quantitative estimate of drug-likeness (QED) is 0.0261. The molecule has 0 aliphatic carbocycles. The fourth-order valence-electron chi connectivity index (χ4n) is 11.6. The van der Waals surface area contributed by atoms with Gasteiger partial charge >= 0.3 is 0 Å². The van der Waals surface area contributed by atoms with Crippen molar-refractivity contribution in [3.63, 3.8) is 0 Å². The van der Waals surface area contributed by atoms with Gasteiger partial charge in [-0.3, -0.25) is 4.79 Å². The van der Waals surface area contributed by atoms with E-state index < -0.39 is 49.5 Å². The van der Waals surface area contributed by atoms with Gasteiger partial charge in [0.15, 0.2) is 6.29 Å². The average molecular weight is 1110 g/mol. The van der Waals surface area contributed by atoms with Crippen molar-refractivity contribution in [1.29, 1.82) is 0 Å². The van der Waals surface area contributed by atoms with Gasteiger partial charge in [0, 0.05) is 6.42 Å². The molecule has 7 atom stereocenters. The number of rotatable bonds is 62. The zero-order valence-corrected chi connectivity index (χ0v) is 52.0. The number of nitrogens with one attached hydrogen (secondary N) is 1. The summed E-state index contributed by atoms with van der Waals surface area (Å²) in [5, 5.41) is 54.8. The topological polar surface area (TPSA) is 149 Å². The third-order valence-electron chi connectivity index (χ3n) is 17.1. The number of hydrogen-bond acceptors (Lipinski definition) is 8. The van der Waals surface area contributed by atoms with Crippen LogP contribution in [0.1, 0.15) is 367 Å². The Morgan fingerprint density at radius 2 is 0.705 bits per heavy atom. The molecule has 0 bridgehead atoms. The van der Waals surface area contributed by atoms with Gasteiger partial charge < -0.3 is 40.3 Å². The Hall–Kier alpha value is -1.07. The van der Waals surface area contributed by atoms with E-state index in [2.05, 4.69) is 19.2 Å². The van der Waals surface area contributed by atoms with Crippen molar-refractivity contribution in [3.05, 3.63) is 12.2 Å². The molecule has 1 amide bonds. The van der Waals surface area contributed by atoms with Crippen molar-refractivity contribution in [1.82, 2.24) is 5.32 Å². The number of carbonyl (C=O) groups excluding carboxylic acids is 1. The molecule has 9 heteroatoms. The van der Waals surface area contributed by atoms with E-state index in [1.165, 1.54) is 308 Å². The van der Waals surface area contributed by atoms with E-state index in [9.17, 15) is 30.3 Å². The van der Waals surface area contributed by atoms with E-state index in [0.29, 0.717) is 6.42 Å². The monoisotopic (exact) mass is 1110 g/mol. The molecular formula is C69H135NO8. The van der Waals surface area contributed by atoms with Crippen LogP contribution < -0.4 is 5.32 Å². The van der Waals surface area contributed by atoms with Crippen molar-refractivity contribution >= 4 is 5.91 Å². The average Bonchev–Trinajstić information content (AvgIpc) is 3.45. The van der Waals surface area contributed by atoms with Crippen LogP contribution in [-0.2, 0) is 14.3 Å². The van der Waals surface area contributed by atoms with Crippen LogP contribution in [0.3, 0.4) is 0 Å². The van der Waals surface area contributed by atoms with Gasteiger partial charge in [-0.25, -0.2) is 0 Å². The molecule has 0 aromatic carbocycles. The molecule has 1 rings (SSSR count). The van der Waals surface area contributed by atoms with Gasteiger partial charge in [0.05, 0.1) is 25.4 Å². The summed E-state index contributed by atoms with van der Waals surface area (Å²) in [4.78, 5) is 13.1. The van der Waals surface area contributed by atoms with Crippen LogP contribution in [0, 0.1) is 0 Å². The predicted octanol–water partition coefficient (Wildman–Crippen LogP) is 18.7. The summed E-state index contributed by atoms with van der Waals surface area (Å²) in [5.74, 6) is -0.167. The normalized spacial score (nSPS) is 18.6. The minimum Gasteiger partial charge on any atom is -0.394 e. The van der Waals surface area contributed by atoms with Gasteiger partial charge in [-0.05, 0) is 19.3 Å². The first-order chi connectivity index (χ1) is 38.3. The van der Waals surface area contributed by atoms with Crippen LogP contribution in [0.5, 0.6) is 0 Å². The molecule has 0 saturated carbocycles. The summed E-state index contributed by atoms with van der Waals surface area (Å²) in [6.07, 6.45) is 68.9. The van der Waals surface area contributed by atoms with E-state index in [1.54, 1.807) is 6.08 Å². The minimum absolute atomic E-state index is 0.167. The third-order valence-corrected chi connectivity index (χ3v) is 17.1. The lowest BCUT2D eigenvalue weighted by Gasteiger charge is -2.40. The van der Waals surface area contributed by atoms with Gasteiger partial charge in [0.1, 0.15) is 24.4 Å². The molecule has 1 saturated heterocycles. The fraction of sp³-hybridized carbons (Fsp3) is 0.957. The van der Waals surface area contributed by atoms with Gasteiger partial charge in [0.2, 0.25) is 5.91 Å². The van der Waals surface area contributed by atoms with Gasteiger partial charge in [-0.15, -0.1) is 0 Å². The Kier molecular flexibility index (Phi) is 56.8.